The number of ether oxygens (including phenoxy) is 1. The van der Waals surface area contributed by atoms with Gasteiger partial charge in [-0.2, -0.15) is 0 Å². The summed E-state index contributed by atoms with van der Waals surface area (Å²) in [5.41, 5.74) is 0.963. The SMILES string of the molecule is O=C(/C=C/c1ccccc1)Oc1ccc(Br)cc1. The summed E-state index contributed by atoms with van der Waals surface area (Å²) in [6, 6.07) is 16.7. The first-order valence-electron chi connectivity index (χ1n) is 5.44. The zero-order valence-electron chi connectivity index (χ0n) is 9.55. The highest BCUT2D eigenvalue weighted by Gasteiger charge is 1.99. The van der Waals surface area contributed by atoms with Crippen molar-refractivity contribution in [1.29, 1.82) is 0 Å². The first-order valence-corrected chi connectivity index (χ1v) is 6.24. The summed E-state index contributed by atoms with van der Waals surface area (Å²) in [5, 5.41) is 0. The predicted octanol–water partition coefficient (Wildman–Crippen LogP) is 4.07. The van der Waals surface area contributed by atoms with Crippen molar-refractivity contribution >= 4 is 28.0 Å². The number of hydrogen-bond donors (Lipinski definition) is 0. The average molecular weight is 303 g/mol. The summed E-state index contributed by atoms with van der Waals surface area (Å²) in [6.07, 6.45) is 3.14. The third kappa shape index (κ3) is 3.86. The summed E-state index contributed by atoms with van der Waals surface area (Å²) < 4.78 is 6.09. The zero-order valence-corrected chi connectivity index (χ0v) is 11.1. The molecule has 0 aliphatic carbocycles. The van der Waals surface area contributed by atoms with Gasteiger partial charge < -0.3 is 4.74 Å². The van der Waals surface area contributed by atoms with Gasteiger partial charge in [-0.3, -0.25) is 0 Å². The Labute approximate surface area is 114 Å². The summed E-state index contributed by atoms with van der Waals surface area (Å²) in [4.78, 5) is 11.5. The second kappa shape index (κ2) is 6.17. The smallest absolute Gasteiger partial charge is 0.336 e. The van der Waals surface area contributed by atoms with E-state index in [1.807, 2.05) is 42.5 Å². The van der Waals surface area contributed by atoms with E-state index in [2.05, 4.69) is 15.9 Å². The molecule has 0 saturated heterocycles. The Morgan fingerprint density at radius 1 is 1.00 bits per heavy atom. The number of carbonyl (C=O) groups excluding carboxylic acids is 1. The lowest BCUT2D eigenvalue weighted by molar-refractivity contribution is -0.128. The van der Waals surface area contributed by atoms with Gasteiger partial charge in [-0.25, -0.2) is 4.79 Å². The van der Waals surface area contributed by atoms with Crippen molar-refractivity contribution in [3.05, 3.63) is 70.7 Å². The molecule has 0 fully saturated rings. The van der Waals surface area contributed by atoms with Crippen molar-refractivity contribution in [2.24, 2.45) is 0 Å². The van der Waals surface area contributed by atoms with E-state index >= 15 is 0 Å². The second-order valence-electron chi connectivity index (χ2n) is 3.62. The third-order valence-electron chi connectivity index (χ3n) is 2.24. The van der Waals surface area contributed by atoms with Crippen molar-refractivity contribution < 1.29 is 9.53 Å². The van der Waals surface area contributed by atoms with Crippen LogP contribution in [0.4, 0.5) is 0 Å². The molecule has 0 heterocycles. The van der Waals surface area contributed by atoms with Gasteiger partial charge in [0.1, 0.15) is 5.75 Å². The Morgan fingerprint density at radius 3 is 2.33 bits per heavy atom. The highest BCUT2D eigenvalue weighted by atomic mass is 79.9. The standard InChI is InChI=1S/C15H11BrO2/c16-13-7-9-14(10-8-13)18-15(17)11-6-12-4-2-1-3-5-12/h1-11H/b11-6+. The highest BCUT2D eigenvalue weighted by molar-refractivity contribution is 9.10. The van der Waals surface area contributed by atoms with Gasteiger partial charge in [0.05, 0.1) is 0 Å². The summed E-state index contributed by atoms with van der Waals surface area (Å²) in [7, 11) is 0. The van der Waals surface area contributed by atoms with Crippen LogP contribution in [-0.4, -0.2) is 5.97 Å². The molecular weight excluding hydrogens is 292 g/mol. The van der Waals surface area contributed by atoms with Crippen LogP contribution in [0, 0.1) is 0 Å². The van der Waals surface area contributed by atoms with E-state index in [1.165, 1.54) is 6.08 Å². The van der Waals surface area contributed by atoms with Gasteiger partial charge in [0, 0.05) is 10.5 Å². The average Bonchev–Trinajstić information content (AvgIpc) is 2.40. The van der Waals surface area contributed by atoms with Crippen molar-refractivity contribution in [3.8, 4) is 5.75 Å². The summed E-state index contributed by atoms with van der Waals surface area (Å²) in [6.45, 7) is 0. The van der Waals surface area contributed by atoms with Gasteiger partial charge in [-0.05, 0) is 35.9 Å². The zero-order chi connectivity index (χ0) is 12.8. The molecule has 0 amide bonds. The quantitative estimate of drug-likeness (QED) is 0.485. The van der Waals surface area contributed by atoms with E-state index in [4.69, 9.17) is 4.74 Å². The minimum atomic E-state index is -0.388. The van der Waals surface area contributed by atoms with E-state index < -0.39 is 0 Å². The van der Waals surface area contributed by atoms with Crippen LogP contribution in [0.5, 0.6) is 5.75 Å². The number of halogens is 1. The molecular formula is C15H11BrO2. The number of benzene rings is 2. The highest BCUT2D eigenvalue weighted by Crippen LogP contribution is 2.16. The van der Waals surface area contributed by atoms with Gasteiger partial charge in [-0.15, -0.1) is 0 Å². The number of hydrogen-bond acceptors (Lipinski definition) is 2. The van der Waals surface area contributed by atoms with Gasteiger partial charge in [0.25, 0.3) is 0 Å². The molecule has 0 N–H and O–H groups in total. The van der Waals surface area contributed by atoms with E-state index in [0.29, 0.717) is 5.75 Å². The lowest BCUT2D eigenvalue weighted by Crippen LogP contribution is -2.03. The second-order valence-corrected chi connectivity index (χ2v) is 4.53. The predicted molar refractivity (Wildman–Crippen MR) is 75.3 cm³/mol. The summed E-state index contributed by atoms with van der Waals surface area (Å²) >= 11 is 3.32. The molecule has 0 aromatic heterocycles. The maximum Gasteiger partial charge on any atom is 0.336 e. The molecule has 2 aromatic carbocycles. The lowest BCUT2D eigenvalue weighted by Gasteiger charge is -2.00. The Hall–Kier alpha value is -1.87. The van der Waals surface area contributed by atoms with Crippen LogP contribution in [0.2, 0.25) is 0 Å². The number of esters is 1. The maximum absolute atomic E-state index is 11.5. The molecule has 0 radical (unpaired) electrons. The molecule has 2 rings (SSSR count). The molecule has 0 spiro atoms. The molecule has 0 unspecified atom stereocenters. The maximum atomic E-state index is 11.5. The molecule has 0 aliphatic heterocycles. The van der Waals surface area contributed by atoms with Crippen LogP contribution in [0.1, 0.15) is 5.56 Å². The minimum absolute atomic E-state index is 0.388. The monoisotopic (exact) mass is 302 g/mol. The van der Waals surface area contributed by atoms with Crippen LogP contribution >= 0.6 is 15.9 Å². The number of carbonyl (C=O) groups is 1. The van der Waals surface area contributed by atoms with E-state index in [-0.39, 0.29) is 5.97 Å². The Kier molecular flexibility index (Phi) is 4.31. The van der Waals surface area contributed by atoms with E-state index in [9.17, 15) is 4.79 Å². The molecule has 2 nitrogen and oxygen atoms in total. The molecule has 3 heteroatoms. The molecule has 0 atom stereocenters. The molecule has 90 valence electrons. The topological polar surface area (TPSA) is 26.3 Å². The molecule has 0 bridgehead atoms. The first kappa shape index (κ1) is 12.6. The van der Waals surface area contributed by atoms with Gasteiger partial charge >= 0.3 is 5.97 Å². The van der Waals surface area contributed by atoms with E-state index in [1.54, 1.807) is 18.2 Å². The third-order valence-corrected chi connectivity index (χ3v) is 2.77. The molecule has 0 aliphatic rings. The normalized spacial score (nSPS) is 10.5. The van der Waals surface area contributed by atoms with Gasteiger partial charge in [0.15, 0.2) is 0 Å². The van der Waals surface area contributed by atoms with Gasteiger partial charge in [0.2, 0.25) is 0 Å². The van der Waals surface area contributed by atoms with Crippen molar-refractivity contribution in [3.63, 3.8) is 0 Å². The van der Waals surface area contributed by atoms with Crippen LogP contribution < -0.4 is 4.74 Å². The Morgan fingerprint density at radius 2 is 1.67 bits per heavy atom. The van der Waals surface area contributed by atoms with Gasteiger partial charge in [-0.1, -0.05) is 46.3 Å². The molecule has 2 aromatic rings. The van der Waals surface area contributed by atoms with Crippen molar-refractivity contribution in [2.45, 2.75) is 0 Å². The van der Waals surface area contributed by atoms with Crippen LogP contribution in [0.15, 0.2) is 65.1 Å². The Balaban J connectivity index is 1.97. The summed E-state index contributed by atoms with van der Waals surface area (Å²) in [5.74, 6) is 0.141. The lowest BCUT2D eigenvalue weighted by atomic mass is 10.2. The Bertz CT molecular complexity index is 544. The van der Waals surface area contributed by atoms with Crippen LogP contribution in [0.3, 0.4) is 0 Å². The van der Waals surface area contributed by atoms with Crippen molar-refractivity contribution in [1.82, 2.24) is 0 Å². The van der Waals surface area contributed by atoms with E-state index in [0.717, 1.165) is 10.0 Å². The molecule has 0 saturated carbocycles. The van der Waals surface area contributed by atoms with Crippen molar-refractivity contribution in [2.75, 3.05) is 0 Å². The fourth-order valence-electron chi connectivity index (χ4n) is 1.38. The first-order chi connectivity index (χ1) is 8.74. The fraction of sp³-hybridized carbons (Fsp3) is 0. The number of rotatable bonds is 3. The fourth-order valence-corrected chi connectivity index (χ4v) is 1.65. The molecule has 18 heavy (non-hydrogen) atoms. The minimum Gasteiger partial charge on any atom is -0.423 e. The largest absolute Gasteiger partial charge is 0.423 e. The van der Waals surface area contributed by atoms with Crippen LogP contribution in [-0.2, 0) is 4.79 Å². The van der Waals surface area contributed by atoms with Crippen LogP contribution in [0.25, 0.3) is 6.08 Å².